The van der Waals surface area contributed by atoms with E-state index in [1.54, 1.807) is 19.2 Å². The highest BCUT2D eigenvalue weighted by Crippen LogP contribution is 2.20. The van der Waals surface area contributed by atoms with Gasteiger partial charge in [-0.3, -0.25) is 0 Å². The van der Waals surface area contributed by atoms with Gasteiger partial charge in [0.2, 0.25) is 0 Å². The normalized spacial score (nSPS) is 10.7. The molecule has 0 saturated heterocycles. The molecule has 0 spiro atoms. The Labute approximate surface area is 158 Å². The zero-order valence-corrected chi connectivity index (χ0v) is 15.0. The lowest BCUT2D eigenvalue weighted by Crippen LogP contribution is -2.33. The number of nitrogens with one attached hydrogen (secondary N) is 1. The molecule has 6 nitrogen and oxygen atoms in total. The van der Waals surface area contributed by atoms with Crippen molar-refractivity contribution in [1.29, 1.82) is 0 Å². The molecule has 0 aliphatic rings. The summed E-state index contributed by atoms with van der Waals surface area (Å²) in [7, 11) is 1.60. The minimum atomic E-state index is -0.558. The SMILES string of the molecule is CN(CCc1noc(-c2ccc(F)cc2)n1)C(=O)Nc1ccc(F)c(Cl)c1. The minimum Gasteiger partial charge on any atom is -0.334 e. The van der Waals surface area contributed by atoms with Crippen LogP contribution in [0, 0.1) is 11.6 Å². The first-order valence-electron chi connectivity index (χ1n) is 7.98. The second-order valence-electron chi connectivity index (χ2n) is 5.75. The van der Waals surface area contributed by atoms with Gasteiger partial charge >= 0.3 is 6.03 Å². The standard InChI is InChI=1S/C18H15ClF2N4O2/c1-25(18(26)22-13-6-7-15(21)14(19)10-13)9-8-16-23-17(27-24-16)11-2-4-12(20)5-3-11/h2-7,10H,8-9H2,1H3,(H,22,26). The Balaban J connectivity index is 1.55. The summed E-state index contributed by atoms with van der Waals surface area (Å²) in [6.07, 6.45) is 0.360. The van der Waals surface area contributed by atoms with Crippen LogP contribution in [0.25, 0.3) is 11.5 Å². The molecule has 0 radical (unpaired) electrons. The molecule has 27 heavy (non-hydrogen) atoms. The molecule has 2 aromatic carbocycles. The molecule has 1 N–H and O–H groups in total. The van der Waals surface area contributed by atoms with Crippen LogP contribution in [0.4, 0.5) is 19.3 Å². The largest absolute Gasteiger partial charge is 0.334 e. The molecular formula is C18H15ClF2N4O2. The first-order chi connectivity index (χ1) is 12.9. The van der Waals surface area contributed by atoms with Gasteiger partial charge in [0.05, 0.1) is 5.02 Å². The number of likely N-dealkylation sites (N-methyl/N-ethyl adjacent to an activating group) is 1. The van der Waals surface area contributed by atoms with Crippen LogP contribution in [0.1, 0.15) is 5.82 Å². The Hall–Kier alpha value is -3.00. The Bertz CT molecular complexity index is 947. The quantitative estimate of drug-likeness (QED) is 0.699. The van der Waals surface area contributed by atoms with Crippen LogP contribution in [-0.4, -0.2) is 34.7 Å². The molecule has 0 bridgehead atoms. The Morgan fingerprint density at radius 3 is 2.67 bits per heavy atom. The maximum Gasteiger partial charge on any atom is 0.321 e. The van der Waals surface area contributed by atoms with E-state index < -0.39 is 5.82 Å². The fourth-order valence-electron chi connectivity index (χ4n) is 2.23. The van der Waals surface area contributed by atoms with Crippen LogP contribution < -0.4 is 5.32 Å². The number of urea groups is 1. The van der Waals surface area contributed by atoms with Crippen molar-refractivity contribution in [2.75, 3.05) is 18.9 Å². The Kier molecular flexibility index (Phi) is 5.66. The molecule has 140 valence electrons. The molecule has 0 unspecified atom stereocenters. The number of nitrogens with zero attached hydrogens (tertiary/aromatic N) is 3. The molecule has 2 amide bonds. The molecule has 9 heteroatoms. The molecule has 0 aliphatic heterocycles. The summed E-state index contributed by atoms with van der Waals surface area (Å²) in [5.74, 6) is -0.220. The highest BCUT2D eigenvalue weighted by Gasteiger charge is 2.13. The van der Waals surface area contributed by atoms with Crippen LogP contribution >= 0.6 is 11.6 Å². The van der Waals surface area contributed by atoms with E-state index in [9.17, 15) is 13.6 Å². The average Bonchev–Trinajstić information content (AvgIpc) is 3.12. The van der Waals surface area contributed by atoms with Gasteiger partial charge in [-0.1, -0.05) is 16.8 Å². The molecule has 1 aromatic heterocycles. The Morgan fingerprint density at radius 2 is 1.96 bits per heavy atom. The van der Waals surface area contributed by atoms with Crippen LogP contribution in [0.2, 0.25) is 5.02 Å². The van der Waals surface area contributed by atoms with E-state index >= 15 is 0 Å². The van der Waals surface area contributed by atoms with E-state index in [0.717, 1.165) is 0 Å². The number of hydrogen-bond acceptors (Lipinski definition) is 4. The number of hydrogen-bond donors (Lipinski definition) is 1. The monoisotopic (exact) mass is 392 g/mol. The molecule has 1 heterocycles. The van der Waals surface area contributed by atoms with Gasteiger partial charge in [-0.25, -0.2) is 13.6 Å². The summed E-state index contributed by atoms with van der Waals surface area (Å²) in [6.45, 7) is 0.323. The first-order valence-corrected chi connectivity index (χ1v) is 8.36. The molecule has 0 fully saturated rings. The fourth-order valence-corrected chi connectivity index (χ4v) is 2.41. The van der Waals surface area contributed by atoms with Crippen molar-refractivity contribution in [2.24, 2.45) is 0 Å². The average molecular weight is 393 g/mol. The lowest BCUT2D eigenvalue weighted by atomic mass is 10.2. The fraction of sp³-hybridized carbons (Fsp3) is 0.167. The highest BCUT2D eigenvalue weighted by atomic mass is 35.5. The molecular weight excluding hydrogens is 378 g/mol. The maximum absolute atomic E-state index is 13.2. The Morgan fingerprint density at radius 1 is 1.22 bits per heavy atom. The molecule has 3 aromatic rings. The van der Waals surface area contributed by atoms with Crippen molar-refractivity contribution in [3.05, 3.63) is 64.9 Å². The number of anilines is 1. The third kappa shape index (κ3) is 4.79. The zero-order chi connectivity index (χ0) is 19.4. The smallest absolute Gasteiger partial charge is 0.321 e. The van der Waals surface area contributed by atoms with Crippen molar-refractivity contribution < 1.29 is 18.1 Å². The number of carbonyl (C=O) groups is 1. The summed E-state index contributed by atoms with van der Waals surface area (Å²) < 4.78 is 31.3. The van der Waals surface area contributed by atoms with E-state index in [0.29, 0.717) is 30.0 Å². The summed E-state index contributed by atoms with van der Waals surface area (Å²) in [6, 6.07) is 9.23. The van der Waals surface area contributed by atoms with E-state index in [-0.39, 0.29) is 22.8 Å². The molecule has 0 saturated carbocycles. The third-order valence-corrected chi connectivity index (χ3v) is 4.04. The van der Waals surface area contributed by atoms with Crippen LogP contribution in [0.3, 0.4) is 0 Å². The molecule has 3 rings (SSSR count). The second-order valence-corrected chi connectivity index (χ2v) is 6.16. The van der Waals surface area contributed by atoms with Gasteiger partial charge in [0, 0.05) is 31.3 Å². The minimum absolute atomic E-state index is 0.0735. The zero-order valence-electron chi connectivity index (χ0n) is 14.2. The first kappa shape index (κ1) is 18.8. The van der Waals surface area contributed by atoms with Gasteiger partial charge in [0.15, 0.2) is 5.82 Å². The van der Waals surface area contributed by atoms with Gasteiger partial charge in [-0.2, -0.15) is 4.98 Å². The number of halogens is 3. The third-order valence-electron chi connectivity index (χ3n) is 3.75. The molecule has 0 aliphatic carbocycles. The topological polar surface area (TPSA) is 71.3 Å². The number of carbonyl (C=O) groups excluding carboxylic acids is 1. The summed E-state index contributed by atoms with van der Waals surface area (Å²) in [5, 5.41) is 6.40. The van der Waals surface area contributed by atoms with Crippen LogP contribution in [0.15, 0.2) is 47.0 Å². The van der Waals surface area contributed by atoms with Gasteiger partial charge < -0.3 is 14.7 Å². The summed E-state index contributed by atoms with van der Waals surface area (Å²) in [5.41, 5.74) is 0.992. The van der Waals surface area contributed by atoms with Gasteiger partial charge in [-0.15, -0.1) is 0 Å². The van der Waals surface area contributed by atoms with Crippen molar-refractivity contribution in [3.8, 4) is 11.5 Å². The van der Waals surface area contributed by atoms with E-state index in [1.165, 1.54) is 35.2 Å². The van der Waals surface area contributed by atoms with Crippen molar-refractivity contribution in [3.63, 3.8) is 0 Å². The second kappa shape index (κ2) is 8.13. The predicted octanol–water partition coefficient (Wildman–Crippen LogP) is 4.37. The molecule has 0 atom stereocenters. The number of rotatable bonds is 5. The van der Waals surface area contributed by atoms with Gasteiger partial charge in [-0.05, 0) is 42.5 Å². The van der Waals surface area contributed by atoms with Crippen molar-refractivity contribution >= 4 is 23.3 Å². The van der Waals surface area contributed by atoms with Crippen LogP contribution in [-0.2, 0) is 6.42 Å². The number of benzene rings is 2. The van der Waals surface area contributed by atoms with Crippen LogP contribution in [0.5, 0.6) is 0 Å². The van der Waals surface area contributed by atoms with E-state index in [4.69, 9.17) is 16.1 Å². The number of aromatic nitrogens is 2. The van der Waals surface area contributed by atoms with Crippen molar-refractivity contribution in [2.45, 2.75) is 6.42 Å². The lowest BCUT2D eigenvalue weighted by Gasteiger charge is -2.17. The van der Waals surface area contributed by atoms with Crippen molar-refractivity contribution in [1.82, 2.24) is 15.0 Å². The van der Waals surface area contributed by atoms with Gasteiger partial charge in [0.1, 0.15) is 11.6 Å². The van der Waals surface area contributed by atoms with Gasteiger partial charge in [0.25, 0.3) is 5.89 Å². The maximum atomic E-state index is 13.2. The summed E-state index contributed by atoms with van der Waals surface area (Å²) in [4.78, 5) is 17.8. The van der Waals surface area contributed by atoms with E-state index in [1.807, 2.05) is 0 Å². The van der Waals surface area contributed by atoms with E-state index in [2.05, 4.69) is 15.5 Å². The predicted molar refractivity (Wildman–Crippen MR) is 96.5 cm³/mol. The summed E-state index contributed by atoms with van der Waals surface area (Å²) >= 11 is 5.69. The highest BCUT2D eigenvalue weighted by molar-refractivity contribution is 6.31. The lowest BCUT2D eigenvalue weighted by molar-refractivity contribution is 0.222. The number of amides is 2.